The van der Waals surface area contributed by atoms with Crippen molar-refractivity contribution in [3.63, 3.8) is 0 Å². The van der Waals surface area contributed by atoms with E-state index in [9.17, 15) is 0 Å². The molecule has 0 amide bonds. The van der Waals surface area contributed by atoms with Gasteiger partial charge in [-0.2, -0.15) is 4.98 Å². The fourth-order valence-electron chi connectivity index (χ4n) is 1.56. The molecule has 0 aliphatic rings. The molecular formula is C11H11N5S. The highest BCUT2D eigenvalue weighted by Crippen LogP contribution is 2.09. The van der Waals surface area contributed by atoms with Crippen molar-refractivity contribution < 1.29 is 0 Å². The number of nitrogens with zero attached hydrogens (tertiary/aromatic N) is 4. The van der Waals surface area contributed by atoms with Gasteiger partial charge in [-0.1, -0.05) is 6.07 Å². The zero-order valence-corrected chi connectivity index (χ0v) is 10.1. The van der Waals surface area contributed by atoms with Gasteiger partial charge >= 0.3 is 0 Å². The van der Waals surface area contributed by atoms with Crippen LogP contribution < -0.4 is 5.32 Å². The molecular weight excluding hydrogens is 234 g/mol. The lowest BCUT2D eigenvalue weighted by molar-refractivity contribution is 0.940. The average molecular weight is 245 g/mol. The Balaban J connectivity index is 1.81. The standard InChI is InChI=1S/C11H11N5S/c1-8-2-3-9-14-11(15-16(9)7-8)13-6-10-12-4-5-17-10/h2-5,7H,6H2,1H3,(H,13,15). The van der Waals surface area contributed by atoms with Crippen LogP contribution in [0, 0.1) is 6.92 Å². The summed E-state index contributed by atoms with van der Waals surface area (Å²) in [6.07, 6.45) is 3.75. The second-order valence-electron chi connectivity index (χ2n) is 3.72. The Hall–Kier alpha value is -1.95. The van der Waals surface area contributed by atoms with E-state index < -0.39 is 0 Å². The highest BCUT2D eigenvalue weighted by atomic mass is 32.1. The van der Waals surface area contributed by atoms with Crippen LogP contribution in [0.5, 0.6) is 0 Å². The Bertz CT molecular complexity index is 628. The van der Waals surface area contributed by atoms with Crippen LogP contribution in [0.1, 0.15) is 10.6 Å². The first kappa shape index (κ1) is 10.2. The summed E-state index contributed by atoms with van der Waals surface area (Å²) >= 11 is 1.62. The predicted octanol–water partition coefficient (Wildman–Crippen LogP) is 2.11. The Kier molecular flexibility index (Phi) is 2.49. The van der Waals surface area contributed by atoms with Gasteiger partial charge in [-0.05, 0) is 18.6 Å². The Morgan fingerprint density at radius 2 is 2.35 bits per heavy atom. The maximum Gasteiger partial charge on any atom is 0.243 e. The third-order valence-corrected chi connectivity index (χ3v) is 3.14. The number of rotatable bonds is 3. The van der Waals surface area contributed by atoms with E-state index in [0.29, 0.717) is 12.5 Å². The summed E-state index contributed by atoms with van der Waals surface area (Å²) in [7, 11) is 0. The van der Waals surface area contributed by atoms with E-state index in [2.05, 4.69) is 20.4 Å². The van der Waals surface area contributed by atoms with Crippen molar-refractivity contribution in [2.75, 3.05) is 5.32 Å². The van der Waals surface area contributed by atoms with Gasteiger partial charge < -0.3 is 5.32 Å². The van der Waals surface area contributed by atoms with Gasteiger partial charge in [0, 0.05) is 17.8 Å². The van der Waals surface area contributed by atoms with Crippen molar-refractivity contribution in [1.82, 2.24) is 19.6 Å². The van der Waals surface area contributed by atoms with E-state index in [1.54, 1.807) is 22.0 Å². The molecule has 0 saturated carbocycles. The van der Waals surface area contributed by atoms with Gasteiger partial charge in [-0.15, -0.1) is 16.4 Å². The minimum Gasteiger partial charge on any atom is -0.346 e. The topological polar surface area (TPSA) is 55.1 Å². The zero-order valence-electron chi connectivity index (χ0n) is 9.29. The number of hydrogen-bond donors (Lipinski definition) is 1. The lowest BCUT2D eigenvalue weighted by Crippen LogP contribution is -2.00. The monoisotopic (exact) mass is 245 g/mol. The van der Waals surface area contributed by atoms with E-state index >= 15 is 0 Å². The fraction of sp³-hybridized carbons (Fsp3) is 0.182. The van der Waals surface area contributed by atoms with Crippen LogP contribution in [-0.4, -0.2) is 19.6 Å². The minimum atomic E-state index is 0.630. The molecule has 0 atom stereocenters. The lowest BCUT2D eigenvalue weighted by atomic mass is 10.3. The SMILES string of the molecule is Cc1ccc2nc(NCc3nccs3)nn2c1. The van der Waals surface area contributed by atoms with Crippen LogP contribution in [0.2, 0.25) is 0 Å². The molecule has 17 heavy (non-hydrogen) atoms. The number of pyridine rings is 1. The van der Waals surface area contributed by atoms with Crippen molar-refractivity contribution in [2.45, 2.75) is 13.5 Å². The number of aryl methyl sites for hydroxylation is 1. The molecule has 6 heteroatoms. The maximum absolute atomic E-state index is 4.37. The smallest absolute Gasteiger partial charge is 0.243 e. The first-order valence-corrected chi connectivity index (χ1v) is 6.14. The maximum atomic E-state index is 4.37. The molecule has 86 valence electrons. The molecule has 0 spiro atoms. The van der Waals surface area contributed by atoms with Gasteiger partial charge in [-0.3, -0.25) is 0 Å². The largest absolute Gasteiger partial charge is 0.346 e. The van der Waals surface area contributed by atoms with E-state index in [1.165, 1.54) is 0 Å². The van der Waals surface area contributed by atoms with Gasteiger partial charge in [0.05, 0.1) is 6.54 Å². The van der Waals surface area contributed by atoms with Crippen LogP contribution in [-0.2, 0) is 6.54 Å². The molecule has 0 aliphatic carbocycles. The summed E-state index contributed by atoms with van der Waals surface area (Å²) < 4.78 is 1.78. The van der Waals surface area contributed by atoms with Gasteiger partial charge in [0.15, 0.2) is 5.65 Å². The number of nitrogens with one attached hydrogen (secondary N) is 1. The first-order chi connectivity index (χ1) is 8.31. The molecule has 3 rings (SSSR count). The normalized spacial score (nSPS) is 10.9. The molecule has 1 N–H and O–H groups in total. The summed E-state index contributed by atoms with van der Waals surface area (Å²) in [5, 5.41) is 10.5. The predicted molar refractivity (Wildman–Crippen MR) is 67.2 cm³/mol. The summed E-state index contributed by atoms with van der Waals surface area (Å²) in [4.78, 5) is 8.56. The van der Waals surface area contributed by atoms with Crippen LogP contribution in [0.3, 0.4) is 0 Å². The lowest BCUT2D eigenvalue weighted by Gasteiger charge is -1.95. The van der Waals surface area contributed by atoms with Crippen LogP contribution in [0.15, 0.2) is 29.9 Å². The van der Waals surface area contributed by atoms with Crippen LogP contribution in [0.4, 0.5) is 5.95 Å². The van der Waals surface area contributed by atoms with Gasteiger partial charge in [0.25, 0.3) is 0 Å². The quantitative estimate of drug-likeness (QED) is 0.767. The van der Waals surface area contributed by atoms with Crippen molar-refractivity contribution in [3.05, 3.63) is 40.5 Å². The van der Waals surface area contributed by atoms with Crippen LogP contribution >= 0.6 is 11.3 Å². The number of aromatic nitrogens is 4. The molecule has 0 unspecified atom stereocenters. The minimum absolute atomic E-state index is 0.630. The third-order valence-electron chi connectivity index (χ3n) is 2.36. The van der Waals surface area contributed by atoms with Crippen LogP contribution in [0.25, 0.3) is 5.65 Å². The Morgan fingerprint density at radius 3 is 3.18 bits per heavy atom. The van der Waals surface area contributed by atoms with Crippen molar-refractivity contribution >= 4 is 22.9 Å². The number of thiazole rings is 1. The van der Waals surface area contributed by atoms with Gasteiger partial charge in [0.1, 0.15) is 5.01 Å². The Morgan fingerprint density at radius 1 is 1.41 bits per heavy atom. The molecule has 0 saturated heterocycles. The molecule has 3 heterocycles. The molecule has 0 bridgehead atoms. The third kappa shape index (κ3) is 2.12. The van der Waals surface area contributed by atoms with E-state index in [0.717, 1.165) is 16.2 Å². The second kappa shape index (κ2) is 4.14. The van der Waals surface area contributed by atoms with Crippen molar-refractivity contribution in [2.24, 2.45) is 0 Å². The molecule has 5 nitrogen and oxygen atoms in total. The number of anilines is 1. The molecule has 0 aliphatic heterocycles. The first-order valence-electron chi connectivity index (χ1n) is 5.26. The molecule has 0 aromatic carbocycles. The fourth-order valence-corrected chi connectivity index (χ4v) is 2.11. The van der Waals surface area contributed by atoms with Gasteiger partial charge in [-0.25, -0.2) is 9.50 Å². The summed E-state index contributed by atoms with van der Waals surface area (Å²) in [6.45, 7) is 2.69. The average Bonchev–Trinajstić information content (AvgIpc) is 2.94. The highest BCUT2D eigenvalue weighted by molar-refractivity contribution is 7.09. The molecule has 0 radical (unpaired) electrons. The molecule has 3 aromatic heterocycles. The molecule has 0 fully saturated rings. The summed E-state index contributed by atoms with van der Waals surface area (Å²) in [5.74, 6) is 0.630. The van der Waals surface area contributed by atoms with E-state index in [4.69, 9.17) is 0 Å². The molecule has 3 aromatic rings. The van der Waals surface area contributed by atoms with Gasteiger partial charge in [0.2, 0.25) is 5.95 Å². The number of fused-ring (bicyclic) bond motifs is 1. The highest BCUT2D eigenvalue weighted by Gasteiger charge is 2.03. The van der Waals surface area contributed by atoms with E-state index in [-0.39, 0.29) is 0 Å². The Labute approximate surface area is 102 Å². The van der Waals surface area contributed by atoms with Crippen molar-refractivity contribution in [3.8, 4) is 0 Å². The summed E-state index contributed by atoms with van der Waals surface area (Å²) in [6, 6.07) is 3.98. The van der Waals surface area contributed by atoms with Crippen molar-refractivity contribution in [1.29, 1.82) is 0 Å². The number of hydrogen-bond acceptors (Lipinski definition) is 5. The second-order valence-corrected chi connectivity index (χ2v) is 4.70. The summed E-state index contributed by atoms with van der Waals surface area (Å²) in [5.41, 5.74) is 2.01. The zero-order chi connectivity index (χ0) is 11.7. The van der Waals surface area contributed by atoms with E-state index in [1.807, 2.05) is 30.6 Å².